The molecule has 2 aliphatic rings. The zero-order valence-corrected chi connectivity index (χ0v) is 26.9. The number of nitrogens with zero attached hydrogens (tertiary/aromatic N) is 1. The minimum Gasteiger partial charge on any atom is -0.456 e. The van der Waals surface area contributed by atoms with E-state index < -0.39 is 35.8 Å². The molecule has 224 valence electrons. The van der Waals surface area contributed by atoms with Crippen LogP contribution >= 0.6 is 0 Å². The topological polar surface area (TPSA) is 177 Å². The number of aliphatic hydroxyl groups excluding tert-OH is 2. The van der Waals surface area contributed by atoms with Crippen LogP contribution in [0.5, 0.6) is 0 Å². The Balaban J connectivity index is 0.00000442. The Labute approximate surface area is 274 Å². The second kappa shape index (κ2) is 13.4. The van der Waals surface area contributed by atoms with E-state index in [9.17, 15) is 40.5 Å². The minimum absolute atomic E-state index is 0. The van der Waals surface area contributed by atoms with E-state index in [1.807, 2.05) is 0 Å². The van der Waals surface area contributed by atoms with Gasteiger partial charge in [-0.05, 0) is 48.5 Å². The average Bonchev–Trinajstić information content (AvgIpc) is 2.94. The number of nitrogens with one attached hydrogen (secondary N) is 1. The molecule has 0 unspecified atom stereocenters. The van der Waals surface area contributed by atoms with Crippen molar-refractivity contribution in [1.29, 1.82) is 0 Å². The van der Waals surface area contributed by atoms with Gasteiger partial charge < -0.3 is 19.9 Å². The number of hydrogen-bond acceptors (Lipinski definition) is 8. The van der Waals surface area contributed by atoms with Crippen molar-refractivity contribution in [3.8, 4) is 22.5 Å². The standard InChI is InChI=1S/C29H25FN2O9S2.Na/c30-18-2-1-3-19(14-18)31-20-4-7-23-26(15-20)41-27-16-21(32(10-12-33)11-13-34)5-8-24(27)29(23)25-9-6-22(42(35,36)37)17-28(25)43(38,39)40;/h1-9,14-17,33-34H,10-13H2,(H2,35,36,37,38,39,40);/q;+1/p+1. The summed E-state index contributed by atoms with van der Waals surface area (Å²) in [6.45, 7) is 0.0343. The number of hydrogen-bond donors (Lipinski definition) is 5. The van der Waals surface area contributed by atoms with Crippen LogP contribution in [-0.2, 0) is 20.2 Å². The van der Waals surface area contributed by atoms with Crippen LogP contribution in [0, 0.1) is 5.82 Å². The SMILES string of the molecule is O=S(=O)(O)c1ccc(-c2c3ccc(=[N+](CCO)CCO)cc-3oc3cc(Nc4cccc(F)c4)ccc23)c(S(=O)(=O)O)c1.[Na+]. The second-order valence-electron chi connectivity index (χ2n) is 9.55. The van der Waals surface area contributed by atoms with Crippen LogP contribution in [-0.4, -0.2) is 62.5 Å². The van der Waals surface area contributed by atoms with Crippen LogP contribution in [0.1, 0.15) is 0 Å². The molecule has 1 aliphatic carbocycles. The molecule has 1 aliphatic heterocycles. The minimum atomic E-state index is -5.01. The predicted molar refractivity (Wildman–Crippen MR) is 157 cm³/mol. The van der Waals surface area contributed by atoms with E-state index >= 15 is 0 Å². The number of halogens is 1. The third-order valence-electron chi connectivity index (χ3n) is 6.72. The molecule has 3 aromatic carbocycles. The predicted octanol–water partition coefficient (Wildman–Crippen LogP) is 0.341. The number of rotatable bonds is 9. The van der Waals surface area contributed by atoms with E-state index in [0.29, 0.717) is 33.7 Å². The molecule has 5 N–H and O–H groups in total. The molecule has 0 radical (unpaired) electrons. The first-order chi connectivity index (χ1) is 20.4. The molecule has 15 heteroatoms. The summed E-state index contributed by atoms with van der Waals surface area (Å²) < 4.78 is 90.0. The van der Waals surface area contributed by atoms with Crippen LogP contribution in [0.2, 0.25) is 0 Å². The maximum Gasteiger partial charge on any atom is 1.00 e. The number of fused-ring (bicyclic) bond motifs is 2. The molecule has 5 rings (SSSR count). The Morgan fingerprint density at radius 3 is 2.09 bits per heavy atom. The molecule has 0 fully saturated rings. The van der Waals surface area contributed by atoms with Crippen LogP contribution in [0.3, 0.4) is 0 Å². The molecule has 11 nitrogen and oxygen atoms in total. The molecular formula is C29H26FN2NaO9S2+2. The molecule has 0 aromatic heterocycles. The molecule has 0 bridgehead atoms. The number of aliphatic hydroxyl groups is 2. The first kappa shape index (κ1) is 33.7. The van der Waals surface area contributed by atoms with Gasteiger partial charge in [-0.3, -0.25) is 9.11 Å². The van der Waals surface area contributed by atoms with Gasteiger partial charge in [0.25, 0.3) is 20.2 Å². The van der Waals surface area contributed by atoms with Gasteiger partial charge in [-0.25, -0.2) is 8.97 Å². The first-order valence-corrected chi connectivity index (χ1v) is 15.7. The fourth-order valence-corrected chi connectivity index (χ4v) is 6.18. The molecule has 3 aromatic rings. The molecule has 0 saturated carbocycles. The smallest absolute Gasteiger partial charge is 0.456 e. The molecule has 0 saturated heterocycles. The Hall–Kier alpha value is -3.18. The monoisotopic (exact) mass is 652 g/mol. The summed E-state index contributed by atoms with van der Waals surface area (Å²) in [5, 5.41) is 23.1. The fraction of sp³-hybridized carbons (Fsp3) is 0.138. The van der Waals surface area contributed by atoms with Gasteiger partial charge in [0.2, 0.25) is 5.36 Å². The van der Waals surface area contributed by atoms with Gasteiger partial charge in [0.05, 0.1) is 11.0 Å². The van der Waals surface area contributed by atoms with Crippen molar-refractivity contribution in [3.05, 3.63) is 90.0 Å². The van der Waals surface area contributed by atoms with Gasteiger partial charge in [0.1, 0.15) is 35.3 Å². The Morgan fingerprint density at radius 1 is 0.773 bits per heavy atom. The summed E-state index contributed by atoms with van der Waals surface area (Å²) in [7, 11) is -9.82. The van der Waals surface area contributed by atoms with Crippen molar-refractivity contribution in [2.75, 3.05) is 31.6 Å². The number of anilines is 2. The van der Waals surface area contributed by atoms with Crippen molar-refractivity contribution in [2.24, 2.45) is 0 Å². The fourth-order valence-electron chi connectivity index (χ4n) is 4.87. The van der Waals surface area contributed by atoms with E-state index in [1.165, 1.54) is 18.2 Å². The summed E-state index contributed by atoms with van der Waals surface area (Å²) >= 11 is 0. The van der Waals surface area contributed by atoms with Gasteiger partial charge in [-0.15, -0.1) is 0 Å². The Bertz CT molecular complexity index is 2110. The third kappa shape index (κ3) is 7.20. The first-order valence-electron chi connectivity index (χ1n) is 12.8. The normalized spacial score (nSPS) is 11.8. The summed E-state index contributed by atoms with van der Waals surface area (Å²) in [4.78, 5) is -1.49. The van der Waals surface area contributed by atoms with Crippen molar-refractivity contribution < 1.29 is 74.5 Å². The zero-order valence-electron chi connectivity index (χ0n) is 23.3. The van der Waals surface area contributed by atoms with E-state index in [0.717, 1.165) is 12.1 Å². The van der Waals surface area contributed by atoms with E-state index in [2.05, 4.69) is 5.32 Å². The third-order valence-corrected chi connectivity index (χ3v) is 8.47. The van der Waals surface area contributed by atoms with Crippen molar-refractivity contribution in [2.45, 2.75) is 9.79 Å². The van der Waals surface area contributed by atoms with Crippen molar-refractivity contribution in [3.63, 3.8) is 0 Å². The summed E-state index contributed by atoms with van der Waals surface area (Å²) in [5.74, 6) is -0.193. The summed E-state index contributed by atoms with van der Waals surface area (Å²) in [6.07, 6.45) is 0. The quantitative estimate of drug-likeness (QED) is 0.0646. The second-order valence-corrected chi connectivity index (χ2v) is 12.4. The Morgan fingerprint density at radius 2 is 1.45 bits per heavy atom. The average molecular weight is 653 g/mol. The van der Waals surface area contributed by atoms with E-state index in [-0.39, 0.29) is 78.3 Å². The molecule has 0 spiro atoms. The zero-order chi connectivity index (χ0) is 30.9. The molecule has 0 atom stereocenters. The van der Waals surface area contributed by atoms with E-state index in [4.69, 9.17) is 4.42 Å². The number of benzene rings is 4. The molecule has 44 heavy (non-hydrogen) atoms. The van der Waals surface area contributed by atoms with Crippen LogP contribution in [0.15, 0.2) is 93.1 Å². The van der Waals surface area contributed by atoms with Gasteiger partial charge in [-0.2, -0.15) is 16.8 Å². The van der Waals surface area contributed by atoms with Gasteiger partial charge >= 0.3 is 29.6 Å². The maximum absolute atomic E-state index is 13.8. The van der Waals surface area contributed by atoms with Gasteiger partial charge in [-0.1, -0.05) is 12.1 Å². The molecule has 1 heterocycles. The largest absolute Gasteiger partial charge is 1.00 e. The van der Waals surface area contributed by atoms with Crippen LogP contribution in [0.4, 0.5) is 15.8 Å². The van der Waals surface area contributed by atoms with Crippen LogP contribution < -0.4 is 44.8 Å². The van der Waals surface area contributed by atoms with Crippen LogP contribution in [0.25, 0.3) is 33.4 Å². The maximum atomic E-state index is 13.8. The van der Waals surface area contributed by atoms with Crippen molar-refractivity contribution >= 4 is 42.6 Å². The van der Waals surface area contributed by atoms with E-state index in [1.54, 1.807) is 47.0 Å². The van der Waals surface area contributed by atoms with Crippen molar-refractivity contribution in [1.82, 2.24) is 4.58 Å². The summed E-state index contributed by atoms with van der Waals surface area (Å²) in [6, 6.07) is 18.5. The Kier molecular flexibility index (Phi) is 10.3. The van der Waals surface area contributed by atoms with Gasteiger partial charge in [0.15, 0.2) is 13.1 Å². The summed E-state index contributed by atoms with van der Waals surface area (Å²) in [5.41, 5.74) is 1.80. The van der Waals surface area contributed by atoms with Gasteiger partial charge in [0, 0.05) is 45.6 Å². The molecular weight excluding hydrogens is 626 g/mol. The molecule has 0 amide bonds.